The van der Waals surface area contributed by atoms with E-state index in [0.717, 1.165) is 34.1 Å². The normalized spacial score (nSPS) is 11.0. The Kier molecular flexibility index (Phi) is 4.97. The molecular weight excluding hydrogens is 350 g/mol. The van der Waals surface area contributed by atoms with Gasteiger partial charge in [0.05, 0.1) is 5.69 Å². The number of unbranched alkanes of at least 4 members (excludes halogenated alkanes) is 2. The smallest absolute Gasteiger partial charge is 0.209 e. The van der Waals surface area contributed by atoms with Crippen LogP contribution in [0.15, 0.2) is 59.2 Å². The quantitative estimate of drug-likeness (QED) is 0.405. The van der Waals surface area contributed by atoms with Gasteiger partial charge in [0, 0.05) is 21.7 Å². The van der Waals surface area contributed by atoms with E-state index >= 15 is 0 Å². The van der Waals surface area contributed by atoms with Crippen molar-refractivity contribution in [2.24, 2.45) is 0 Å². The highest BCUT2D eigenvalue weighted by Gasteiger charge is 2.16. The van der Waals surface area contributed by atoms with E-state index in [0.29, 0.717) is 0 Å². The van der Waals surface area contributed by atoms with Gasteiger partial charge >= 0.3 is 0 Å². The SMILES string of the molecule is CCCCCc1cc(C(=O)c2ccc(Br)cc2)n2ccccc12. The zero-order valence-electron chi connectivity index (χ0n) is 13.3. The van der Waals surface area contributed by atoms with E-state index in [9.17, 15) is 4.79 Å². The number of carbonyl (C=O) groups excluding carboxylic acids is 1. The zero-order chi connectivity index (χ0) is 16.2. The molecule has 0 aliphatic carbocycles. The van der Waals surface area contributed by atoms with E-state index in [1.165, 1.54) is 18.4 Å². The molecule has 3 aromatic rings. The monoisotopic (exact) mass is 369 g/mol. The molecule has 0 N–H and O–H groups in total. The lowest BCUT2D eigenvalue weighted by Gasteiger charge is -2.03. The molecule has 0 fully saturated rings. The van der Waals surface area contributed by atoms with Crippen LogP contribution in [0.2, 0.25) is 0 Å². The molecule has 23 heavy (non-hydrogen) atoms. The van der Waals surface area contributed by atoms with E-state index in [-0.39, 0.29) is 5.78 Å². The minimum Gasteiger partial charge on any atom is -0.313 e. The fraction of sp³-hybridized carbons (Fsp3) is 0.250. The predicted octanol–water partition coefficient (Wildman–Crippen LogP) is 5.67. The summed E-state index contributed by atoms with van der Waals surface area (Å²) in [7, 11) is 0. The first-order valence-corrected chi connectivity index (χ1v) is 8.89. The fourth-order valence-electron chi connectivity index (χ4n) is 2.91. The first kappa shape index (κ1) is 16.0. The molecule has 0 spiro atoms. The number of nitrogens with zero attached hydrogens (tertiary/aromatic N) is 1. The number of fused-ring (bicyclic) bond motifs is 1. The maximum Gasteiger partial charge on any atom is 0.209 e. The van der Waals surface area contributed by atoms with Crippen molar-refractivity contribution in [3.63, 3.8) is 0 Å². The molecule has 3 heteroatoms. The molecule has 2 nitrogen and oxygen atoms in total. The van der Waals surface area contributed by atoms with Crippen molar-refractivity contribution in [2.75, 3.05) is 0 Å². The molecule has 118 valence electrons. The summed E-state index contributed by atoms with van der Waals surface area (Å²) in [4.78, 5) is 12.9. The second-order valence-electron chi connectivity index (χ2n) is 5.80. The minimum atomic E-state index is 0.0699. The second kappa shape index (κ2) is 7.14. The van der Waals surface area contributed by atoms with Crippen LogP contribution in [-0.4, -0.2) is 10.2 Å². The summed E-state index contributed by atoms with van der Waals surface area (Å²) in [5.74, 6) is 0.0699. The van der Waals surface area contributed by atoms with Crippen LogP contribution >= 0.6 is 15.9 Å². The van der Waals surface area contributed by atoms with Crippen LogP contribution in [0.5, 0.6) is 0 Å². The largest absolute Gasteiger partial charge is 0.313 e. The van der Waals surface area contributed by atoms with E-state index in [1.54, 1.807) is 0 Å². The molecule has 2 heterocycles. The molecule has 2 aromatic heterocycles. The zero-order valence-corrected chi connectivity index (χ0v) is 14.8. The van der Waals surface area contributed by atoms with Crippen molar-refractivity contribution in [1.82, 2.24) is 4.40 Å². The Morgan fingerprint density at radius 3 is 2.61 bits per heavy atom. The molecule has 0 aliphatic rings. The molecule has 0 saturated carbocycles. The number of pyridine rings is 1. The third-order valence-corrected chi connectivity index (χ3v) is 4.68. The third-order valence-electron chi connectivity index (χ3n) is 4.15. The van der Waals surface area contributed by atoms with Gasteiger partial charge in [-0.05, 0) is 60.9 Å². The summed E-state index contributed by atoms with van der Waals surface area (Å²) in [5.41, 5.74) is 3.87. The molecule has 0 saturated heterocycles. The Balaban J connectivity index is 2.00. The lowest BCUT2D eigenvalue weighted by Crippen LogP contribution is -2.04. The topological polar surface area (TPSA) is 21.5 Å². The van der Waals surface area contributed by atoms with Crippen LogP contribution in [0.3, 0.4) is 0 Å². The number of benzene rings is 1. The van der Waals surface area contributed by atoms with Crippen LogP contribution in [0.1, 0.15) is 47.8 Å². The van der Waals surface area contributed by atoms with Gasteiger partial charge in [-0.3, -0.25) is 4.79 Å². The predicted molar refractivity (Wildman–Crippen MR) is 98.2 cm³/mol. The molecular formula is C20H20BrNO. The maximum absolute atomic E-state index is 12.9. The van der Waals surface area contributed by atoms with Gasteiger partial charge in [-0.25, -0.2) is 0 Å². The summed E-state index contributed by atoms with van der Waals surface area (Å²) < 4.78 is 3.00. The Morgan fingerprint density at radius 2 is 1.87 bits per heavy atom. The van der Waals surface area contributed by atoms with E-state index in [1.807, 2.05) is 47.0 Å². The summed E-state index contributed by atoms with van der Waals surface area (Å²) in [6.07, 6.45) is 6.59. The highest BCUT2D eigenvalue weighted by molar-refractivity contribution is 9.10. The Morgan fingerprint density at radius 1 is 1.09 bits per heavy atom. The molecule has 0 bridgehead atoms. The van der Waals surface area contributed by atoms with Crippen molar-refractivity contribution in [3.8, 4) is 0 Å². The van der Waals surface area contributed by atoms with Gasteiger partial charge in [0.2, 0.25) is 5.78 Å². The van der Waals surface area contributed by atoms with E-state index < -0.39 is 0 Å². The number of carbonyl (C=O) groups is 1. The number of halogens is 1. The van der Waals surface area contributed by atoms with Crippen LogP contribution in [-0.2, 0) is 6.42 Å². The van der Waals surface area contributed by atoms with Gasteiger partial charge < -0.3 is 4.40 Å². The standard InChI is InChI=1S/C20H20BrNO/c1-2-3-4-7-16-14-19(22-13-6-5-8-18(16)22)20(23)15-9-11-17(21)12-10-15/h5-6,8-14H,2-4,7H2,1H3. The first-order chi connectivity index (χ1) is 11.2. The van der Waals surface area contributed by atoms with Gasteiger partial charge in [-0.1, -0.05) is 41.8 Å². The maximum atomic E-state index is 12.9. The van der Waals surface area contributed by atoms with E-state index in [2.05, 4.69) is 35.0 Å². The summed E-state index contributed by atoms with van der Waals surface area (Å²) in [5, 5.41) is 0. The average molecular weight is 370 g/mol. The number of hydrogen-bond donors (Lipinski definition) is 0. The number of hydrogen-bond acceptors (Lipinski definition) is 1. The van der Waals surface area contributed by atoms with Crippen LogP contribution in [0.25, 0.3) is 5.52 Å². The molecule has 0 radical (unpaired) electrons. The van der Waals surface area contributed by atoms with Crippen molar-refractivity contribution < 1.29 is 4.79 Å². The highest BCUT2D eigenvalue weighted by atomic mass is 79.9. The number of aromatic nitrogens is 1. The molecule has 0 aliphatic heterocycles. The highest BCUT2D eigenvalue weighted by Crippen LogP contribution is 2.22. The number of aryl methyl sites for hydroxylation is 1. The van der Waals surface area contributed by atoms with Crippen LogP contribution in [0.4, 0.5) is 0 Å². The van der Waals surface area contributed by atoms with Gasteiger partial charge in [-0.2, -0.15) is 0 Å². The third kappa shape index (κ3) is 3.40. The summed E-state index contributed by atoms with van der Waals surface area (Å²) >= 11 is 3.41. The molecule has 3 rings (SSSR count). The minimum absolute atomic E-state index is 0.0699. The van der Waals surface area contributed by atoms with Crippen molar-refractivity contribution in [2.45, 2.75) is 32.6 Å². The molecule has 0 atom stereocenters. The lowest BCUT2D eigenvalue weighted by atomic mass is 10.1. The van der Waals surface area contributed by atoms with Gasteiger partial charge in [0.25, 0.3) is 0 Å². The van der Waals surface area contributed by atoms with Crippen molar-refractivity contribution >= 4 is 27.2 Å². The summed E-state index contributed by atoms with van der Waals surface area (Å²) in [6.45, 7) is 2.21. The Hall–Kier alpha value is -1.87. The molecule has 0 unspecified atom stereocenters. The van der Waals surface area contributed by atoms with Gasteiger partial charge in [-0.15, -0.1) is 0 Å². The van der Waals surface area contributed by atoms with Crippen molar-refractivity contribution in [1.29, 1.82) is 0 Å². The van der Waals surface area contributed by atoms with E-state index in [4.69, 9.17) is 0 Å². The van der Waals surface area contributed by atoms with Crippen LogP contribution < -0.4 is 0 Å². The first-order valence-electron chi connectivity index (χ1n) is 8.10. The molecule has 0 amide bonds. The number of ketones is 1. The van der Waals surface area contributed by atoms with Crippen LogP contribution in [0, 0.1) is 0 Å². The van der Waals surface area contributed by atoms with Gasteiger partial charge in [0.1, 0.15) is 0 Å². The fourth-order valence-corrected chi connectivity index (χ4v) is 3.18. The Bertz CT molecular complexity index is 817. The number of rotatable bonds is 6. The van der Waals surface area contributed by atoms with Gasteiger partial charge in [0.15, 0.2) is 0 Å². The average Bonchev–Trinajstić information content (AvgIpc) is 2.94. The molecule has 1 aromatic carbocycles. The Labute approximate surface area is 145 Å². The second-order valence-corrected chi connectivity index (χ2v) is 6.72. The summed E-state index contributed by atoms with van der Waals surface area (Å²) in [6, 6.07) is 15.7. The van der Waals surface area contributed by atoms with Crippen molar-refractivity contribution in [3.05, 3.63) is 76.0 Å². The lowest BCUT2D eigenvalue weighted by molar-refractivity contribution is 0.103.